The maximum Gasteiger partial charge on any atom is 0.0791 e. The number of aromatic nitrogens is 1. The molecular weight excluding hydrogens is 450 g/mol. The minimum Gasteiger partial charge on any atom is -0.400 e. The highest BCUT2D eigenvalue weighted by Gasteiger charge is 2.30. The van der Waals surface area contributed by atoms with Crippen molar-refractivity contribution in [2.24, 2.45) is 0 Å². The van der Waals surface area contributed by atoms with E-state index < -0.39 is 0 Å². The molecule has 2 N–H and O–H groups in total. The fourth-order valence-electron chi connectivity index (χ4n) is 3.95. The van der Waals surface area contributed by atoms with Crippen LogP contribution < -0.4 is 5.32 Å². The largest absolute Gasteiger partial charge is 0.400 e. The van der Waals surface area contributed by atoms with Crippen LogP contribution in [0.4, 0.5) is 0 Å². The highest BCUT2D eigenvalue weighted by Crippen LogP contribution is 2.42. The van der Waals surface area contributed by atoms with Gasteiger partial charge in [-0.25, -0.2) is 0 Å². The zero-order valence-electron chi connectivity index (χ0n) is 19.9. The van der Waals surface area contributed by atoms with Crippen molar-refractivity contribution >= 4 is 23.4 Å². The molecule has 0 amide bonds. The predicted octanol–water partition coefficient (Wildman–Crippen LogP) is 6.03. The lowest BCUT2D eigenvalue weighted by molar-refractivity contribution is 0.193. The van der Waals surface area contributed by atoms with E-state index in [9.17, 15) is 0 Å². The summed E-state index contributed by atoms with van der Waals surface area (Å²) in [7, 11) is 1.00. The SMILES string of the molecule is C=C/C=C(\C=C/C)CC.CO.Clc1ccc2c(c1)SCc1cccnc1C2N1CCNCC1. The van der Waals surface area contributed by atoms with Gasteiger partial charge in [0.05, 0.1) is 11.7 Å². The van der Waals surface area contributed by atoms with Crippen molar-refractivity contribution in [2.45, 2.75) is 37.0 Å². The summed E-state index contributed by atoms with van der Waals surface area (Å²) < 4.78 is 0. The number of aliphatic hydroxyl groups is 1. The molecule has 1 saturated heterocycles. The van der Waals surface area contributed by atoms with Gasteiger partial charge in [0.2, 0.25) is 0 Å². The smallest absolute Gasteiger partial charge is 0.0791 e. The molecule has 1 aromatic carbocycles. The van der Waals surface area contributed by atoms with Gasteiger partial charge >= 0.3 is 0 Å². The summed E-state index contributed by atoms with van der Waals surface area (Å²) in [4.78, 5) is 8.58. The molecule has 2 aliphatic heterocycles. The molecule has 0 radical (unpaired) electrons. The molecule has 4 nitrogen and oxygen atoms in total. The third kappa shape index (κ3) is 7.83. The van der Waals surface area contributed by atoms with Gasteiger partial charge < -0.3 is 10.4 Å². The van der Waals surface area contributed by atoms with E-state index in [0.717, 1.165) is 50.5 Å². The van der Waals surface area contributed by atoms with Crippen LogP contribution in [0.2, 0.25) is 5.02 Å². The second-order valence-electron chi connectivity index (χ2n) is 7.54. The van der Waals surface area contributed by atoms with E-state index in [2.05, 4.69) is 48.0 Å². The van der Waals surface area contributed by atoms with Gasteiger partial charge in [-0.2, -0.15) is 0 Å². The molecule has 1 fully saturated rings. The van der Waals surface area contributed by atoms with Gasteiger partial charge in [-0.1, -0.05) is 61.5 Å². The number of hydrogen-bond donors (Lipinski definition) is 2. The van der Waals surface area contributed by atoms with Crippen LogP contribution in [0.1, 0.15) is 43.1 Å². The number of pyridine rings is 1. The van der Waals surface area contributed by atoms with Crippen LogP contribution in [0.15, 0.2) is 77.9 Å². The van der Waals surface area contributed by atoms with Crippen molar-refractivity contribution in [2.75, 3.05) is 33.3 Å². The van der Waals surface area contributed by atoms with Gasteiger partial charge in [-0.15, -0.1) is 11.8 Å². The number of fused-ring (bicyclic) bond motifs is 2. The lowest BCUT2D eigenvalue weighted by atomic mass is 9.97. The quantitative estimate of drug-likeness (QED) is 0.518. The zero-order chi connectivity index (χ0) is 24.1. The molecule has 6 heteroatoms. The van der Waals surface area contributed by atoms with E-state index >= 15 is 0 Å². The topological polar surface area (TPSA) is 48.4 Å². The van der Waals surface area contributed by atoms with Crippen LogP contribution in [0.5, 0.6) is 0 Å². The Morgan fingerprint density at radius 1 is 1.30 bits per heavy atom. The van der Waals surface area contributed by atoms with E-state index in [1.807, 2.05) is 55.2 Å². The minimum atomic E-state index is 0.237. The first-order chi connectivity index (χ1) is 16.2. The number of halogens is 1. The van der Waals surface area contributed by atoms with Crippen LogP contribution in [0, 0.1) is 0 Å². The molecule has 1 atom stereocenters. The number of thioether (sulfide) groups is 1. The van der Waals surface area contributed by atoms with Crippen molar-refractivity contribution in [3.8, 4) is 0 Å². The minimum absolute atomic E-state index is 0.237. The highest BCUT2D eigenvalue weighted by molar-refractivity contribution is 7.98. The maximum absolute atomic E-state index is 7.00. The second-order valence-corrected chi connectivity index (χ2v) is 8.99. The standard InChI is InChI=1S/C17H18ClN3S.C9H14.CH4O/c18-13-3-4-14-15(10-13)22-11-12-2-1-5-20-16(12)17(14)21-8-6-19-7-9-21;1-4-7-9(6-3)8-5-2;1-2/h1-5,10,17,19H,6-9,11H2;4-5,7-8H,1,6H2,2-3H3;2H,1H3/b;8-5-,9-7-;. The van der Waals surface area contributed by atoms with Crippen molar-refractivity contribution in [3.05, 3.63) is 94.8 Å². The number of nitrogens with zero attached hydrogens (tertiary/aromatic N) is 2. The van der Waals surface area contributed by atoms with Crippen LogP contribution in [0.25, 0.3) is 0 Å². The van der Waals surface area contributed by atoms with Gasteiger partial charge in [0.15, 0.2) is 0 Å². The molecule has 1 unspecified atom stereocenters. The third-order valence-corrected chi connectivity index (χ3v) is 6.83. The van der Waals surface area contributed by atoms with Gasteiger partial charge in [0, 0.05) is 55.2 Å². The zero-order valence-corrected chi connectivity index (χ0v) is 21.5. The van der Waals surface area contributed by atoms with Crippen LogP contribution in [-0.2, 0) is 5.75 Å². The number of rotatable bonds is 4. The van der Waals surface area contributed by atoms with Crippen molar-refractivity contribution in [3.63, 3.8) is 0 Å². The molecule has 2 aliphatic rings. The lowest BCUT2D eigenvalue weighted by Gasteiger charge is -2.35. The first-order valence-electron chi connectivity index (χ1n) is 11.4. The maximum atomic E-state index is 7.00. The summed E-state index contributed by atoms with van der Waals surface area (Å²) in [6.07, 6.45) is 11.0. The normalized spacial score (nSPS) is 18.1. The van der Waals surface area contributed by atoms with Gasteiger partial charge in [-0.3, -0.25) is 9.88 Å². The molecule has 0 aliphatic carbocycles. The number of nitrogens with one attached hydrogen (secondary N) is 1. The summed E-state index contributed by atoms with van der Waals surface area (Å²) in [5, 5.41) is 11.2. The van der Waals surface area contributed by atoms with Crippen LogP contribution >= 0.6 is 23.4 Å². The molecule has 33 heavy (non-hydrogen) atoms. The van der Waals surface area contributed by atoms with E-state index in [1.54, 1.807) is 0 Å². The average Bonchev–Trinajstić information content (AvgIpc) is 3.02. The number of allylic oxidation sites excluding steroid dienone is 5. The Morgan fingerprint density at radius 2 is 2.06 bits per heavy atom. The summed E-state index contributed by atoms with van der Waals surface area (Å²) in [5.41, 5.74) is 5.21. The molecule has 3 heterocycles. The van der Waals surface area contributed by atoms with E-state index in [-0.39, 0.29) is 6.04 Å². The molecule has 2 aromatic rings. The Kier molecular flexibility index (Phi) is 12.5. The van der Waals surface area contributed by atoms with Crippen molar-refractivity contribution < 1.29 is 5.11 Å². The molecule has 4 rings (SSSR count). The molecular formula is C27H36ClN3OS. The average molecular weight is 486 g/mol. The van der Waals surface area contributed by atoms with Crippen molar-refractivity contribution in [1.29, 1.82) is 0 Å². The Hall–Kier alpha value is -1.89. The van der Waals surface area contributed by atoms with Gasteiger partial charge in [-0.05, 0) is 48.2 Å². The first-order valence-corrected chi connectivity index (χ1v) is 12.7. The summed E-state index contributed by atoms with van der Waals surface area (Å²) >= 11 is 8.09. The fourth-order valence-corrected chi connectivity index (χ4v) is 5.30. The number of hydrogen-bond acceptors (Lipinski definition) is 5. The highest BCUT2D eigenvalue weighted by atomic mass is 35.5. The van der Waals surface area contributed by atoms with Crippen LogP contribution in [0.3, 0.4) is 0 Å². The third-order valence-electron chi connectivity index (χ3n) is 5.48. The monoisotopic (exact) mass is 485 g/mol. The number of benzene rings is 1. The Morgan fingerprint density at radius 3 is 2.73 bits per heavy atom. The van der Waals surface area contributed by atoms with Crippen LogP contribution in [-0.4, -0.2) is 48.3 Å². The molecule has 0 spiro atoms. The molecule has 0 bridgehead atoms. The second kappa shape index (κ2) is 15.1. The fraction of sp³-hybridized carbons (Fsp3) is 0.370. The summed E-state index contributed by atoms with van der Waals surface area (Å²) in [5.74, 6) is 0.957. The Balaban J connectivity index is 0.000000299. The summed E-state index contributed by atoms with van der Waals surface area (Å²) in [6, 6.07) is 10.8. The predicted molar refractivity (Wildman–Crippen MR) is 143 cm³/mol. The summed E-state index contributed by atoms with van der Waals surface area (Å²) in [6.45, 7) is 11.9. The Bertz CT molecular complexity index is 939. The Labute approximate surface area is 208 Å². The molecule has 0 saturated carbocycles. The number of aliphatic hydroxyl groups excluding tert-OH is 1. The van der Waals surface area contributed by atoms with Gasteiger partial charge in [0.25, 0.3) is 0 Å². The van der Waals surface area contributed by atoms with E-state index in [4.69, 9.17) is 21.7 Å². The number of piperazine rings is 1. The van der Waals surface area contributed by atoms with E-state index in [1.165, 1.54) is 27.3 Å². The first kappa shape index (κ1) is 27.4. The van der Waals surface area contributed by atoms with Gasteiger partial charge in [0.1, 0.15) is 0 Å². The van der Waals surface area contributed by atoms with Crippen molar-refractivity contribution in [1.82, 2.24) is 15.2 Å². The van der Waals surface area contributed by atoms with E-state index in [0.29, 0.717) is 0 Å². The molecule has 178 valence electrons. The molecule has 1 aromatic heterocycles. The lowest BCUT2D eigenvalue weighted by Crippen LogP contribution is -2.45.